The Labute approximate surface area is 135 Å². The summed E-state index contributed by atoms with van der Waals surface area (Å²) in [7, 11) is 0. The highest BCUT2D eigenvalue weighted by Gasteiger charge is 2.13. The Bertz CT molecular complexity index is 750. The van der Waals surface area contributed by atoms with E-state index in [9.17, 15) is 0 Å². The molecule has 0 aliphatic carbocycles. The smallest absolute Gasteiger partial charge is 0.196 e. The van der Waals surface area contributed by atoms with Gasteiger partial charge in [-0.25, -0.2) is 0 Å². The van der Waals surface area contributed by atoms with E-state index in [1.54, 1.807) is 11.8 Å². The van der Waals surface area contributed by atoms with Crippen molar-refractivity contribution in [2.24, 2.45) is 0 Å². The summed E-state index contributed by atoms with van der Waals surface area (Å²) < 4.78 is 2.15. The van der Waals surface area contributed by atoms with Crippen molar-refractivity contribution < 1.29 is 0 Å². The molecule has 0 saturated carbocycles. The van der Waals surface area contributed by atoms with Crippen molar-refractivity contribution in [1.82, 2.24) is 14.8 Å². The monoisotopic (exact) mass is 309 g/mol. The first-order valence-corrected chi connectivity index (χ1v) is 8.44. The van der Waals surface area contributed by atoms with E-state index in [4.69, 9.17) is 0 Å². The van der Waals surface area contributed by atoms with Gasteiger partial charge in [-0.2, -0.15) is 0 Å². The van der Waals surface area contributed by atoms with Crippen molar-refractivity contribution in [2.75, 3.05) is 0 Å². The highest BCUT2D eigenvalue weighted by atomic mass is 32.2. The fraction of sp³-hybridized carbons (Fsp3) is 0.222. The first kappa shape index (κ1) is 14.9. The van der Waals surface area contributed by atoms with Gasteiger partial charge in [-0.15, -0.1) is 10.2 Å². The standard InChI is InChI=1S/C18H19N3S/c1-3-17-19-20-18(21(17)16-10-5-4-6-11-16)22-13-15-9-7-8-14(2)12-15/h4-12H,3,13H2,1-2H3. The van der Waals surface area contributed by atoms with Crippen LogP contribution in [0.15, 0.2) is 59.8 Å². The lowest BCUT2D eigenvalue weighted by Gasteiger charge is -2.09. The Kier molecular flexibility index (Phi) is 4.59. The maximum absolute atomic E-state index is 4.38. The third-order valence-corrected chi connectivity index (χ3v) is 4.48. The molecule has 0 unspecified atom stereocenters. The van der Waals surface area contributed by atoms with Gasteiger partial charge < -0.3 is 0 Å². The molecule has 0 bridgehead atoms. The molecule has 4 heteroatoms. The SMILES string of the molecule is CCc1nnc(SCc2cccc(C)c2)n1-c1ccccc1. The van der Waals surface area contributed by atoms with Gasteiger partial charge in [0.05, 0.1) is 0 Å². The molecule has 0 spiro atoms. The summed E-state index contributed by atoms with van der Waals surface area (Å²) >= 11 is 1.73. The number of aromatic nitrogens is 3. The molecule has 0 aliphatic heterocycles. The van der Waals surface area contributed by atoms with E-state index in [2.05, 4.69) is 65.0 Å². The van der Waals surface area contributed by atoms with Crippen LogP contribution in [0, 0.1) is 6.92 Å². The lowest BCUT2D eigenvalue weighted by Crippen LogP contribution is -2.01. The molecule has 22 heavy (non-hydrogen) atoms. The third kappa shape index (κ3) is 3.22. The average molecular weight is 309 g/mol. The molecular weight excluding hydrogens is 290 g/mol. The lowest BCUT2D eigenvalue weighted by atomic mass is 10.2. The van der Waals surface area contributed by atoms with Crippen molar-refractivity contribution in [2.45, 2.75) is 31.2 Å². The number of para-hydroxylation sites is 1. The molecule has 0 aliphatic rings. The largest absolute Gasteiger partial charge is 0.274 e. The zero-order valence-corrected chi connectivity index (χ0v) is 13.7. The highest BCUT2D eigenvalue weighted by molar-refractivity contribution is 7.98. The van der Waals surface area contributed by atoms with E-state index < -0.39 is 0 Å². The Hall–Kier alpha value is -2.07. The molecule has 0 N–H and O–H groups in total. The molecule has 1 heterocycles. The molecule has 0 saturated heterocycles. The Morgan fingerprint density at radius 2 is 1.82 bits per heavy atom. The van der Waals surface area contributed by atoms with E-state index in [0.29, 0.717) is 0 Å². The van der Waals surface area contributed by atoms with Crippen LogP contribution in [0.5, 0.6) is 0 Å². The van der Waals surface area contributed by atoms with E-state index in [-0.39, 0.29) is 0 Å². The van der Waals surface area contributed by atoms with E-state index in [1.807, 2.05) is 18.2 Å². The van der Waals surface area contributed by atoms with Crippen LogP contribution in [0.2, 0.25) is 0 Å². The van der Waals surface area contributed by atoms with Gasteiger partial charge in [-0.05, 0) is 24.6 Å². The van der Waals surface area contributed by atoms with Gasteiger partial charge in [0.25, 0.3) is 0 Å². The summed E-state index contributed by atoms with van der Waals surface area (Å²) in [5.74, 6) is 1.90. The number of nitrogens with zero attached hydrogens (tertiary/aromatic N) is 3. The molecule has 0 amide bonds. The van der Waals surface area contributed by atoms with Gasteiger partial charge in [-0.1, -0.05) is 66.7 Å². The van der Waals surface area contributed by atoms with Gasteiger partial charge >= 0.3 is 0 Å². The molecule has 2 aromatic carbocycles. The van der Waals surface area contributed by atoms with Crippen molar-refractivity contribution in [3.8, 4) is 5.69 Å². The number of aryl methyl sites for hydroxylation is 2. The van der Waals surface area contributed by atoms with E-state index in [1.165, 1.54) is 11.1 Å². The second-order valence-electron chi connectivity index (χ2n) is 5.20. The van der Waals surface area contributed by atoms with Crippen molar-refractivity contribution in [3.63, 3.8) is 0 Å². The predicted molar refractivity (Wildman–Crippen MR) is 91.5 cm³/mol. The van der Waals surface area contributed by atoms with E-state index >= 15 is 0 Å². The Morgan fingerprint density at radius 1 is 1.00 bits per heavy atom. The van der Waals surface area contributed by atoms with Gasteiger partial charge in [0, 0.05) is 17.9 Å². The number of rotatable bonds is 5. The second kappa shape index (κ2) is 6.79. The molecular formula is C18H19N3S. The van der Waals surface area contributed by atoms with Crippen LogP contribution in [0.3, 0.4) is 0 Å². The van der Waals surface area contributed by atoms with Gasteiger partial charge in [0.2, 0.25) is 0 Å². The summed E-state index contributed by atoms with van der Waals surface area (Å²) in [5, 5.41) is 9.66. The van der Waals surface area contributed by atoms with Gasteiger partial charge in [0.15, 0.2) is 5.16 Å². The first-order valence-electron chi connectivity index (χ1n) is 7.46. The summed E-state index contributed by atoms with van der Waals surface area (Å²) in [6.45, 7) is 4.23. The highest BCUT2D eigenvalue weighted by Crippen LogP contribution is 2.25. The minimum Gasteiger partial charge on any atom is -0.274 e. The molecule has 0 fully saturated rings. The van der Waals surface area contributed by atoms with Gasteiger partial charge in [0.1, 0.15) is 5.82 Å². The molecule has 3 aromatic rings. The van der Waals surface area contributed by atoms with Crippen LogP contribution >= 0.6 is 11.8 Å². The summed E-state index contributed by atoms with van der Waals surface area (Å²) in [5.41, 5.74) is 3.72. The summed E-state index contributed by atoms with van der Waals surface area (Å²) in [4.78, 5) is 0. The number of benzene rings is 2. The summed E-state index contributed by atoms with van der Waals surface area (Å²) in [6.07, 6.45) is 0.868. The van der Waals surface area contributed by atoms with Crippen LogP contribution in [0.25, 0.3) is 5.69 Å². The number of hydrogen-bond acceptors (Lipinski definition) is 3. The van der Waals surface area contributed by atoms with Crippen LogP contribution < -0.4 is 0 Å². The minimum absolute atomic E-state index is 0.868. The Balaban J connectivity index is 1.87. The van der Waals surface area contributed by atoms with Crippen molar-refractivity contribution >= 4 is 11.8 Å². The summed E-state index contributed by atoms with van der Waals surface area (Å²) in [6, 6.07) is 18.9. The lowest BCUT2D eigenvalue weighted by molar-refractivity contribution is 0.836. The van der Waals surface area contributed by atoms with Crippen LogP contribution in [-0.2, 0) is 12.2 Å². The number of hydrogen-bond donors (Lipinski definition) is 0. The zero-order chi connectivity index (χ0) is 15.4. The quantitative estimate of drug-likeness (QED) is 0.653. The van der Waals surface area contributed by atoms with Crippen LogP contribution in [-0.4, -0.2) is 14.8 Å². The number of thioether (sulfide) groups is 1. The topological polar surface area (TPSA) is 30.7 Å². The van der Waals surface area contributed by atoms with E-state index in [0.717, 1.165) is 28.8 Å². The fourth-order valence-electron chi connectivity index (χ4n) is 2.41. The second-order valence-corrected chi connectivity index (χ2v) is 6.14. The fourth-order valence-corrected chi connectivity index (χ4v) is 3.32. The maximum Gasteiger partial charge on any atom is 0.196 e. The van der Waals surface area contributed by atoms with Crippen molar-refractivity contribution in [1.29, 1.82) is 0 Å². The molecule has 3 nitrogen and oxygen atoms in total. The minimum atomic E-state index is 0.868. The normalized spacial score (nSPS) is 10.8. The van der Waals surface area contributed by atoms with Crippen molar-refractivity contribution in [3.05, 3.63) is 71.5 Å². The molecule has 3 rings (SSSR count). The average Bonchev–Trinajstić information content (AvgIpc) is 2.97. The first-order chi connectivity index (χ1) is 10.8. The Morgan fingerprint density at radius 3 is 2.55 bits per heavy atom. The maximum atomic E-state index is 4.38. The molecule has 0 radical (unpaired) electrons. The van der Waals surface area contributed by atoms with Crippen LogP contribution in [0.4, 0.5) is 0 Å². The predicted octanol–water partition coefficient (Wildman–Crippen LogP) is 4.43. The molecule has 1 aromatic heterocycles. The molecule has 112 valence electrons. The third-order valence-electron chi connectivity index (χ3n) is 3.48. The molecule has 0 atom stereocenters. The zero-order valence-electron chi connectivity index (χ0n) is 12.9. The van der Waals surface area contributed by atoms with Crippen LogP contribution in [0.1, 0.15) is 23.9 Å². The van der Waals surface area contributed by atoms with Gasteiger partial charge in [-0.3, -0.25) is 4.57 Å².